The van der Waals surface area contributed by atoms with E-state index in [1.807, 2.05) is 32.9 Å². The summed E-state index contributed by atoms with van der Waals surface area (Å²) >= 11 is 0. The highest BCUT2D eigenvalue weighted by molar-refractivity contribution is 5.96. The second-order valence-electron chi connectivity index (χ2n) is 6.24. The quantitative estimate of drug-likeness (QED) is 0.773. The van der Waals surface area contributed by atoms with Gasteiger partial charge in [0.2, 0.25) is 17.7 Å². The van der Waals surface area contributed by atoms with E-state index in [1.165, 1.54) is 19.1 Å². The van der Waals surface area contributed by atoms with Crippen LogP contribution in [-0.2, 0) is 19.1 Å². The number of aryl methyl sites for hydroxylation is 3. The number of methoxy groups -OCH3 is 1. The number of carbonyl (C=O) groups is 3. The third-order valence-electron chi connectivity index (χ3n) is 3.72. The van der Waals surface area contributed by atoms with Gasteiger partial charge in [-0.1, -0.05) is 17.7 Å². The van der Waals surface area contributed by atoms with Crippen molar-refractivity contribution in [2.24, 2.45) is 0 Å². The summed E-state index contributed by atoms with van der Waals surface area (Å²) in [7, 11) is 2.92. The monoisotopic (exact) mass is 349 g/mol. The topological polar surface area (TPSA) is 87.7 Å². The van der Waals surface area contributed by atoms with Crippen LogP contribution in [0.3, 0.4) is 0 Å². The number of carbonyl (C=O) groups excluding carboxylic acids is 3. The number of hydrogen-bond acceptors (Lipinski definition) is 4. The van der Waals surface area contributed by atoms with E-state index >= 15 is 0 Å². The highest BCUT2D eigenvalue weighted by atomic mass is 16.5. The lowest BCUT2D eigenvalue weighted by atomic mass is 10.1. The normalized spacial score (nSPS) is 11.6. The van der Waals surface area contributed by atoms with Crippen LogP contribution in [-0.4, -0.2) is 56.0 Å². The molecule has 0 heterocycles. The van der Waals surface area contributed by atoms with Gasteiger partial charge in [0.25, 0.3) is 0 Å². The van der Waals surface area contributed by atoms with E-state index in [2.05, 4.69) is 10.6 Å². The number of hydrogen-bond donors (Lipinski definition) is 2. The van der Waals surface area contributed by atoms with Gasteiger partial charge in [0.05, 0.1) is 6.54 Å². The zero-order valence-corrected chi connectivity index (χ0v) is 15.7. The Balaban J connectivity index is 2.64. The number of nitrogens with zero attached hydrogens (tertiary/aromatic N) is 1. The standard InChI is InChI=1S/C18H27N3O4/c1-11-7-12(2)17(13(3)8-11)20-15(22)9-21(5)18(24)14(4)19-16(23)10-25-6/h7-8,14H,9-10H2,1-6H3,(H,19,23)(H,20,22)/t14-/m0/s1. The second kappa shape index (κ2) is 9.17. The molecule has 2 N–H and O–H groups in total. The summed E-state index contributed by atoms with van der Waals surface area (Å²) in [6, 6.07) is 3.25. The van der Waals surface area contributed by atoms with Gasteiger partial charge in [-0.2, -0.15) is 0 Å². The summed E-state index contributed by atoms with van der Waals surface area (Å²) in [6.07, 6.45) is 0. The van der Waals surface area contributed by atoms with E-state index in [9.17, 15) is 14.4 Å². The Bertz CT molecular complexity index is 635. The Morgan fingerprint density at radius 3 is 2.20 bits per heavy atom. The van der Waals surface area contributed by atoms with E-state index in [0.717, 1.165) is 22.4 Å². The molecule has 0 saturated carbocycles. The summed E-state index contributed by atoms with van der Waals surface area (Å²) < 4.78 is 4.71. The van der Waals surface area contributed by atoms with Crippen molar-refractivity contribution in [3.05, 3.63) is 28.8 Å². The zero-order valence-electron chi connectivity index (χ0n) is 15.7. The molecule has 25 heavy (non-hydrogen) atoms. The maximum atomic E-state index is 12.3. The van der Waals surface area contributed by atoms with Gasteiger partial charge in [0.1, 0.15) is 12.6 Å². The summed E-state index contributed by atoms with van der Waals surface area (Å²) in [5, 5.41) is 5.37. The lowest BCUT2D eigenvalue weighted by Crippen LogP contribution is -2.48. The van der Waals surface area contributed by atoms with Gasteiger partial charge in [0.15, 0.2) is 0 Å². The van der Waals surface area contributed by atoms with E-state index in [4.69, 9.17) is 4.74 Å². The summed E-state index contributed by atoms with van der Waals surface area (Å²) in [6.45, 7) is 7.20. The van der Waals surface area contributed by atoms with Crippen LogP contribution in [0.4, 0.5) is 5.69 Å². The van der Waals surface area contributed by atoms with Crippen LogP contribution < -0.4 is 10.6 Å². The van der Waals surface area contributed by atoms with E-state index < -0.39 is 6.04 Å². The predicted octanol–water partition coefficient (Wildman–Crippen LogP) is 1.16. The molecule has 7 heteroatoms. The van der Waals surface area contributed by atoms with Crippen molar-refractivity contribution >= 4 is 23.4 Å². The Labute approximate surface area is 148 Å². The predicted molar refractivity (Wildman–Crippen MR) is 96.4 cm³/mol. The van der Waals surface area contributed by atoms with Gasteiger partial charge in [-0.05, 0) is 38.8 Å². The number of ether oxygens (including phenoxy) is 1. The molecule has 0 aliphatic carbocycles. The van der Waals surface area contributed by atoms with Crippen LogP contribution in [0.1, 0.15) is 23.6 Å². The molecule has 0 aliphatic rings. The van der Waals surface area contributed by atoms with Gasteiger partial charge >= 0.3 is 0 Å². The molecular weight excluding hydrogens is 322 g/mol. The van der Waals surface area contributed by atoms with E-state index in [0.29, 0.717) is 0 Å². The minimum atomic E-state index is -0.733. The molecule has 0 aromatic heterocycles. The number of benzene rings is 1. The molecular formula is C18H27N3O4. The fourth-order valence-corrected chi connectivity index (χ4v) is 2.66. The number of anilines is 1. The number of nitrogens with one attached hydrogen (secondary N) is 2. The van der Waals surface area contributed by atoms with Crippen molar-refractivity contribution in [3.63, 3.8) is 0 Å². The van der Waals surface area contributed by atoms with E-state index in [-0.39, 0.29) is 30.9 Å². The van der Waals surface area contributed by atoms with Crippen LogP contribution >= 0.6 is 0 Å². The van der Waals surface area contributed by atoms with Gasteiger partial charge < -0.3 is 20.3 Å². The molecule has 0 saturated heterocycles. The molecule has 0 fully saturated rings. The Kier molecular flexibility index (Phi) is 7.57. The summed E-state index contributed by atoms with van der Waals surface area (Å²) in [5.41, 5.74) is 3.83. The highest BCUT2D eigenvalue weighted by Crippen LogP contribution is 2.21. The van der Waals surface area contributed by atoms with Crippen molar-refractivity contribution in [1.82, 2.24) is 10.2 Å². The molecule has 0 unspecified atom stereocenters. The highest BCUT2D eigenvalue weighted by Gasteiger charge is 2.21. The fourth-order valence-electron chi connectivity index (χ4n) is 2.66. The first-order chi connectivity index (χ1) is 11.6. The lowest BCUT2D eigenvalue weighted by Gasteiger charge is -2.22. The van der Waals surface area contributed by atoms with Gasteiger partial charge in [-0.3, -0.25) is 14.4 Å². The first kappa shape index (κ1) is 20.6. The average molecular weight is 349 g/mol. The Hall–Kier alpha value is -2.41. The van der Waals surface area contributed by atoms with Crippen molar-refractivity contribution in [2.45, 2.75) is 33.7 Å². The Morgan fingerprint density at radius 1 is 1.12 bits per heavy atom. The van der Waals surface area contributed by atoms with Crippen molar-refractivity contribution in [3.8, 4) is 0 Å². The number of likely N-dealkylation sites (N-methyl/N-ethyl adjacent to an activating group) is 1. The van der Waals surface area contributed by atoms with Crippen molar-refractivity contribution in [2.75, 3.05) is 32.6 Å². The smallest absolute Gasteiger partial charge is 0.246 e. The second-order valence-corrected chi connectivity index (χ2v) is 6.24. The van der Waals surface area contributed by atoms with Gasteiger partial charge in [-0.15, -0.1) is 0 Å². The summed E-state index contributed by atoms with van der Waals surface area (Å²) in [5.74, 6) is -1.02. The van der Waals surface area contributed by atoms with Crippen LogP contribution in [0.25, 0.3) is 0 Å². The first-order valence-corrected chi connectivity index (χ1v) is 8.06. The van der Waals surface area contributed by atoms with Gasteiger partial charge in [0, 0.05) is 19.8 Å². The SMILES string of the molecule is COCC(=O)N[C@@H](C)C(=O)N(C)CC(=O)Nc1c(C)cc(C)cc1C. The van der Waals surface area contributed by atoms with Crippen molar-refractivity contribution in [1.29, 1.82) is 0 Å². The molecule has 3 amide bonds. The minimum absolute atomic E-state index is 0.101. The zero-order chi connectivity index (χ0) is 19.1. The van der Waals surface area contributed by atoms with Crippen LogP contribution in [0.5, 0.6) is 0 Å². The molecule has 1 aromatic rings. The molecule has 7 nitrogen and oxygen atoms in total. The lowest BCUT2D eigenvalue weighted by molar-refractivity contribution is -0.137. The van der Waals surface area contributed by atoms with Crippen LogP contribution in [0.2, 0.25) is 0 Å². The summed E-state index contributed by atoms with van der Waals surface area (Å²) in [4.78, 5) is 37.2. The molecule has 0 bridgehead atoms. The molecule has 0 radical (unpaired) electrons. The molecule has 1 rings (SSSR count). The maximum absolute atomic E-state index is 12.3. The van der Waals surface area contributed by atoms with Crippen LogP contribution in [0.15, 0.2) is 12.1 Å². The maximum Gasteiger partial charge on any atom is 0.246 e. The average Bonchev–Trinajstić information content (AvgIpc) is 2.50. The molecule has 0 aliphatic heterocycles. The molecule has 0 spiro atoms. The van der Waals surface area contributed by atoms with Gasteiger partial charge in [-0.25, -0.2) is 0 Å². The largest absolute Gasteiger partial charge is 0.375 e. The third-order valence-corrected chi connectivity index (χ3v) is 3.72. The fraction of sp³-hybridized carbons (Fsp3) is 0.500. The molecule has 138 valence electrons. The minimum Gasteiger partial charge on any atom is -0.375 e. The van der Waals surface area contributed by atoms with Crippen LogP contribution in [0, 0.1) is 20.8 Å². The van der Waals surface area contributed by atoms with E-state index in [1.54, 1.807) is 6.92 Å². The first-order valence-electron chi connectivity index (χ1n) is 8.06. The van der Waals surface area contributed by atoms with Crippen molar-refractivity contribution < 1.29 is 19.1 Å². The Morgan fingerprint density at radius 2 is 1.68 bits per heavy atom. The number of rotatable bonds is 7. The molecule has 1 aromatic carbocycles. The third kappa shape index (κ3) is 6.19. The molecule has 1 atom stereocenters. The number of amides is 3.